The molecule has 0 radical (unpaired) electrons. The van der Waals surface area contributed by atoms with Gasteiger partial charge in [0, 0.05) is 19.5 Å². The third-order valence-corrected chi connectivity index (χ3v) is 1.85. The fraction of sp³-hybridized carbons (Fsp3) is 0.875. The molecule has 1 N–H and O–H groups in total. The zero-order valence-electron chi connectivity index (χ0n) is 8.22. The van der Waals surface area contributed by atoms with Crippen LogP contribution in [-0.4, -0.2) is 48.5 Å². The lowest BCUT2D eigenvalue weighted by atomic mass is 10.2. The largest absolute Gasteiger partial charge is 0.481 e. The van der Waals surface area contributed by atoms with Crippen LogP contribution in [0.3, 0.4) is 0 Å². The van der Waals surface area contributed by atoms with E-state index in [0.29, 0.717) is 0 Å². The summed E-state index contributed by atoms with van der Waals surface area (Å²) in [6, 6.07) is 0. The first-order valence-corrected chi connectivity index (χ1v) is 4.32. The van der Waals surface area contributed by atoms with E-state index in [1.165, 1.54) is 11.9 Å². The van der Waals surface area contributed by atoms with Gasteiger partial charge in [0.2, 0.25) is 0 Å². The Morgan fingerprint density at radius 1 is 1.40 bits per heavy atom. The number of carboxylic acids is 1. The first-order valence-electron chi connectivity index (χ1n) is 4.32. The van der Waals surface area contributed by atoms with E-state index in [2.05, 4.69) is 0 Å². The summed E-state index contributed by atoms with van der Waals surface area (Å²) in [5.74, 6) is -5.06. The molecule has 0 heterocycles. The maximum absolute atomic E-state index is 12.4. The lowest BCUT2D eigenvalue weighted by molar-refractivity contribution is -0.138. The van der Waals surface area contributed by atoms with Crippen molar-refractivity contribution in [3.63, 3.8) is 0 Å². The van der Waals surface area contributed by atoms with Crippen LogP contribution in [0, 0.1) is 0 Å². The summed E-state index contributed by atoms with van der Waals surface area (Å²) in [6.07, 6.45) is -4.84. The average Bonchev–Trinajstić information content (AvgIpc) is 2.11. The van der Waals surface area contributed by atoms with Crippen LogP contribution in [0.1, 0.15) is 12.8 Å². The average molecular weight is 231 g/mol. The number of hydrogen-bond acceptors (Lipinski definition) is 2. The van der Waals surface area contributed by atoms with E-state index >= 15 is 0 Å². The topological polar surface area (TPSA) is 40.5 Å². The Morgan fingerprint density at radius 2 is 1.93 bits per heavy atom. The van der Waals surface area contributed by atoms with E-state index < -0.39 is 24.7 Å². The van der Waals surface area contributed by atoms with Crippen molar-refractivity contribution in [2.75, 3.05) is 20.1 Å². The van der Waals surface area contributed by atoms with E-state index in [-0.39, 0.29) is 19.5 Å². The van der Waals surface area contributed by atoms with Gasteiger partial charge in [-0.15, -0.1) is 0 Å². The second-order valence-electron chi connectivity index (χ2n) is 3.26. The molecule has 90 valence electrons. The molecule has 0 aromatic rings. The van der Waals surface area contributed by atoms with E-state index in [0.717, 1.165) is 0 Å². The summed E-state index contributed by atoms with van der Waals surface area (Å²) in [5.41, 5.74) is 0. The molecule has 0 aliphatic heterocycles. The van der Waals surface area contributed by atoms with Crippen LogP contribution in [0.25, 0.3) is 0 Å². The Labute approximate surface area is 84.7 Å². The SMILES string of the molecule is CN(CCC(=O)O)CCC(F)(F)C(F)F. The number of rotatable bonds is 7. The standard InChI is InChI=1S/C8H13F4NO2/c1-13(4-2-6(14)15)5-3-8(11,12)7(9)10/h7H,2-5H2,1H3,(H,14,15). The van der Waals surface area contributed by atoms with Crippen molar-refractivity contribution in [2.45, 2.75) is 25.2 Å². The molecule has 0 bridgehead atoms. The highest BCUT2D eigenvalue weighted by Gasteiger charge is 2.40. The molecule has 0 fully saturated rings. The van der Waals surface area contributed by atoms with Crippen molar-refractivity contribution in [3.05, 3.63) is 0 Å². The second-order valence-corrected chi connectivity index (χ2v) is 3.26. The van der Waals surface area contributed by atoms with E-state index in [9.17, 15) is 22.4 Å². The molecule has 0 aliphatic rings. The predicted octanol–water partition coefficient (Wildman–Crippen LogP) is 1.68. The summed E-state index contributed by atoms with van der Waals surface area (Å²) in [6.45, 7) is -0.195. The maximum Gasteiger partial charge on any atom is 0.308 e. The van der Waals surface area contributed by atoms with Gasteiger partial charge in [-0.2, -0.15) is 0 Å². The summed E-state index contributed by atoms with van der Waals surface area (Å²) in [5, 5.41) is 8.28. The summed E-state index contributed by atoms with van der Waals surface area (Å²) < 4.78 is 48.3. The monoisotopic (exact) mass is 231 g/mol. The zero-order valence-corrected chi connectivity index (χ0v) is 8.22. The highest BCUT2D eigenvalue weighted by atomic mass is 19.3. The van der Waals surface area contributed by atoms with Crippen molar-refractivity contribution in [2.24, 2.45) is 0 Å². The van der Waals surface area contributed by atoms with Crippen molar-refractivity contribution < 1.29 is 27.5 Å². The lowest BCUT2D eigenvalue weighted by Crippen LogP contribution is -2.33. The molecule has 0 saturated carbocycles. The molecule has 0 amide bonds. The fourth-order valence-electron chi connectivity index (χ4n) is 0.847. The molecule has 0 saturated heterocycles. The molecule has 0 atom stereocenters. The van der Waals surface area contributed by atoms with Crippen LogP contribution < -0.4 is 0 Å². The molecule has 0 aromatic heterocycles. The Bertz CT molecular complexity index is 211. The van der Waals surface area contributed by atoms with Gasteiger partial charge in [-0.25, -0.2) is 17.6 Å². The smallest absolute Gasteiger partial charge is 0.308 e. The van der Waals surface area contributed by atoms with E-state index in [4.69, 9.17) is 5.11 Å². The van der Waals surface area contributed by atoms with Crippen LogP contribution in [0.15, 0.2) is 0 Å². The van der Waals surface area contributed by atoms with Gasteiger partial charge in [0.05, 0.1) is 6.42 Å². The first kappa shape index (κ1) is 14.2. The summed E-state index contributed by atoms with van der Waals surface area (Å²) >= 11 is 0. The van der Waals surface area contributed by atoms with Gasteiger partial charge in [0.25, 0.3) is 0 Å². The summed E-state index contributed by atoms with van der Waals surface area (Å²) in [7, 11) is 1.41. The predicted molar refractivity (Wildman–Crippen MR) is 45.3 cm³/mol. The number of aliphatic carboxylic acids is 1. The molecule has 0 spiro atoms. The van der Waals surface area contributed by atoms with Gasteiger partial charge in [-0.05, 0) is 7.05 Å². The molecule has 0 aliphatic carbocycles. The van der Waals surface area contributed by atoms with Crippen molar-refractivity contribution in [1.29, 1.82) is 0 Å². The molecular weight excluding hydrogens is 218 g/mol. The zero-order chi connectivity index (χ0) is 12.1. The van der Waals surface area contributed by atoms with Gasteiger partial charge in [-0.1, -0.05) is 0 Å². The van der Waals surface area contributed by atoms with Crippen molar-refractivity contribution in [3.8, 4) is 0 Å². The maximum atomic E-state index is 12.4. The molecule has 7 heteroatoms. The highest BCUT2D eigenvalue weighted by molar-refractivity contribution is 5.66. The number of alkyl halides is 4. The number of hydrogen-bond donors (Lipinski definition) is 1. The normalized spacial score (nSPS) is 12.5. The minimum atomic E-state index is -4.00. The van der Waals surface area contributed by atoms with Crippen LogP contribution in [0.5, 0.6) is 0 Å². The molecular formula is C8H13F4NO2. The number of halogens is 4. The second kappa shape index (κ2) is 5.89. The Balaban J connectivity index is 3.79. The quantitative estimate of drug-likeness (QED) is 0.678. The van der Waals surface area contributed by atoms with Crippen molar-refractivity contribution >= 4 is 5.97 Å². The highest BCUT2D eigenvalue weighted by Crippen LogP contribution is 2.26. The molecule has 3 nitrogen and oxygen atoms in total. The van der Waals surface area contributed by atoms with Crippen LogP contribution in [0.4, 0.5) is 17.6 Å². The van der Waals surface area contributed by atoms with Gasteiger partial charge in [0.1, 0.15) is 0 Å². The summed E-state index contributed by atoms with van der Waals surface area (Å²) in [4.78, 5) is 11.4. The van der Waals surface area contributed by atoms with Crippen LogP contribution in [-0.2, 0) is 4.79 Å². The van der Waals surface area contributed by atoms with Crippen molar-refractivity contribution in [1.82, 2.24) is 4.90 Å². The number of carboxylic acid groups (broad SMARTS) is 1. The van der Waals surface area contributed by atoms with E-state index in [1.807, 2.05) is 0 Å². The Hall–Kier alpha value is -0.850. The van der Waals surface area contributed by atoms with Crippen LogP contribution in [0.2, 0.25) is 0 Å². The van der Waals surface area contributed by atoms with Crippen LogP contribution >= 0.6 is 0 Å². The molecule has 0 unspecified atom stereocenters. The number of carbonyl (C=O) groups is 1. The molecule has 15 heavy (non-hydrogen) atoms. The van der Waals surface area contributed by atoms with E-state index in [1.54, 1.807) is 0 Å². The lowest BCUT2D eigenvalue weighted by Gasteiger charge is -2.20. The van der Waals surface area contributed by atoms with Gasteiger partial charge < -0.3 is 10.0 Å². The third-order valence-electron chi connectivity index (χ3n) is 1.85. The third kappa shape index (κ3) is 6.27. The first-order chi connectivity index (χ1) is 6.75. The minimum Gasteiger partial charge on any atom is -0.481 e. The van der Waals surface area contributed by atoms with Gasteiger partial charge >= 0.3 is 18.3 Å². The van der Waals surface area contributed by atoms with Gasteiger partial charge in [-0.3, -0.25) is 4.79 Å². The minimum absolute atomic E-state index is 0.0641. The van der Waals surface area contributed by atoms with Gasteiger partial charge in [0.15, 0.2) is 0 Å². The molecule has 0 aromatic carbocycles. The fourth-order valence-corrected chi connectivity index (χ4v) is 0.847. The Morgan fingerprint density at radius 3 is 2.33 bits per heavy atom. The number of nitrogens with zero attached hydrogens (tertiary/aromatic N) is 1. The molecule has 0 rings (SSSR count). The Kier molecular flexibility index (Phi) is 5.56.